The Morgan fingerprint density at radius 2 is 2.05 bits per heavy atom. The molecular formula is C14H16N6. The SMILES string of the molecule is CC(C)(C)Nc1cnnc(Nc2cccc(C#N)c2)n1. The average Bonchev–Trinajstić information content (AvgIpc) is 2.37. The highest BCUT2D eigenvalue weighted by Gasteiger charge is 2.11. The minimum atomic E-state index is -0.103. The van der Waals surface area contributed by atoms with E-state index in [9.17, 15) is 0 Å². The van der Waals surface area contributed by atoms with Gasteiger partial charge in [-0.25, -0.2) is 0 Å². The summed E-state index contributed by atoms with van der Waals surface area (Å²) < 4.78 is 0. The fourth-order valence-corrected chi connectivity index (χ4v) is 1.60. The van der Waals surface area contributed by atoms with Crippen LogP contribution < -0.4 is 10.6 Å². The summed E-state index contributed by atoms with van der Waals surface area (Å²) in [6.45, 7) is 6.12. The molecule has 0 radical (unpaired) electrons. The van der Waals surface area contributed by atoms with Crippen LogP contribution in [-0.2, 0) is 0 Å². The lowest BCUT2D eigenvalue weighted by molar-refractivity contribution is 0.629. The summed E-state index contributed by atoms with van der Waals surface area (Å²) in [5, 5.41) is 23.0. The number of nitriles is 1. The van der Waals surface area contributed by atoms with Gasteiger partial charge in [0.2, 0.25) is 5.95 Å². The van der Waals surface area contributed by atoms with E-state index in [1.807, 2.05) is 26.8 Å². The van der Waals surface area contributed by atoms with E-state index in [-0.39, 0.29) is 5.54 Å². The standard InChI is InChI=1S/C14H16N6/c1-14(2,3)19-12-9-16-20-13(18-12)17-11-6-4-5-10(7-11)8-15/h4-7,9H,1-3H3,(H2,17,18,19,20). The first-order valence-corrected chi connectivity index (χ1v) is 6.21. The Morgan fingerprint density at radius 3 is 2.75 bits per heavy atom. The van der Waals surface area contributed by atoms with Crippen molar-refractivity contribution < 1.29 is 0 Å². The lowest BCUT2D eigenvalue weighted by atomic mass is 10.1. The average molecular weight is 268 g/mol. The zero-order chi connectivity index (χ0) is 14.6. The number of aromatic nitrogens is 3. The Hall–Kier alpha value is -2.68. The zero-order valence-corrected chi connectivity index (χ0v) is 11.7. The third-order valence-electron chi connectivity index (χ3n) is 2.31. The van der Waals surface area contributed by atoms with Gasteiger partial charge in [0.1, 0.15) is 0 Å². The number of hydrogen-bond acceptors (Lipinski definition) is 6. The first kappa shape index (κ1) is 13.7. The molecule has 2 N–H and O–H groups in total. The molecule has 0 aliphatic heterocycles. The molecule has 6 nitrogen and oxygen atoms in total. The number of anilines is 3. The van der Waals surface area contributed by atoms with Crippen LogP contribution >= 0.6 is 0 Å². The second-order valence-electron chi connectivity index (χ2n) is 5.36. The normalized spacial score (nSPS) is 10.7. The smallest absolute Gasteiger partial charge is 0.249 e. The Kier molecular flexibility index (Phi) is 3.80. The highest BCUT2D eigenvalue weighted by atomic mass is 15.3. The molecule has 20 heavy (non-hydrogen) atoms. The molecule has 6 heteroatoms. The molecule has 0 saturated carbocycles. The van der Waals surface area contributed by atoms with Gasteiger partial charge in [-0.2, -0.15) is 15.3 Å². The minimum Gasteiger partial charge on any atom is -0.364 e. The Bertz CT molecular complexity index is 639. The van der Waals surface area contributed by atoms with Gasteiger partial charge >= 0.3 is 0 Å². The minimum absolute atomic E-state index is 0.103. The summed E-state index contributed by atoms with van der Waals surface area (Å²) in [6.07, 6.45) is 1.57. The molecular weight excluding hydrogens is 252 g/mol. The molecule has 1 heterocycles. The lowest BCUT2D eigenvalue weighted by Gasteiger charge is -2.20. The largest absolute Gasteiger partial charge is 0.364 e. The summed E-state index contributed by atoms with van der Waals surface area (Å²) in [5.41, 5.74) is 1.22. The highest BCUT2D eigenvalue weighted by Crippen LogP contribution is 2.16. The summed E-state index contributed by atoms with van der Waals surface area (Å²) in [7, 11) is 0. The van der Waals surface area contributed by atoms with Crippen LogP contribution in [0.2, 0.25) is 0 Å². The molecule has 2 rings (SSSR count). The molecule has 1 aromatic carbocycles. The quantitative estimate of drug-likeness (QED) is 0.890. The molecule has 0 fully saturated rings. The second kappa shape index (κ2) is 5.53. The van der Waals surface area contributed by atoms with Gasteiger partial charge in [0.05, 0.1) is 17.8 Å². The van der Waals surface area contributed by atoms with Crippen LogP contribution in [0.5, 0.6) is 0 Å². The van der Waals surface area contributed by atoms with Gasteiger partial charge in [0.25, 0.3) is 0 Å². The first-order valence-electron chi connectivity index (χ1n) is 6.21. The third-order valence-corrected chi connectivity index (χ3v) is 2.31. The van der Waals surface area contributed by atoms with E-state index < -0.39 is 0 Å². The molecule has 0 aliphatic carbocycles. The van der Waals surface area contributed by atoms with Crippen molar-refractivity contribution in [3.8, 4) is 6.07 Å². The van der Waals surface area contributed by atoms with E-state index in [2.05, 4.69) is 31.9 Å². The van der Waals surface area contributed by atoms with E-state index in [4.69, 9.17) is 5.26 Å². The predicted molar refractivity (Wildman–Crippen MR) is 77.6 cm³/mol. The van der Waals surface area contributed by atoms with Crippen molar-refractivity contribution in [3.05, 3.63) is 36.0 Å². The maximum Gasteiger partial charge on any atom is 0.249 e. The van der Waals surface area contributed by atoms with Crippen LogP contribution in [-0.4, -0.2) is 20.7 Å². The van der Waals surface area contributed by atoms with Crippen molar-refractivity contribution in [2.24, 2.45) is 0 Å². The van der Waals surface area contributed by atoms with Crippen LogP contribution in [0.25, 0.3) is 0 Å². The van der Waals surface area contributed by atoms with Crippen LogP contribution in [0, 0.1) is 11.3 Å². The number of nitrogens with zero attached hydrogens (tertiary/aromatic N) is 4. The van der Waals surface area contributed by atoms with E-state index in [0.717, 1.165) is 5.69 Å². The maximum atomic E-state index is 8.87. The summed E-state index contributed by atoms with van der Waals surface area (Å²) in [5.74, 6) is 1.03. The van der Waals surface area contributed by atoms with Gasteiger partial charge in [0.15, 0.2) is 5.82 Å². The van der Waals surface area contributed by atoms with Crippen LogP contribution in [0.1, 0.15) is 26.3 Å². The Balaban J connectivity index is 2.17. The van der Waals surface area contributed by atoms with Crippen LogP contribution in [0.15, 0.2) is 30.5 Å². The van der Waals surface area contributed by atoms with Crippen molar-refractivity contribution in [1.29, 1.82) is 5.26 Å². The Morgan fingerprint density at radius 1 is 1.25 bits per heavy atom. The fourth-order valence-electron chi connectivity index (χ4n) is 1.60. The molecule has 0 amide bonds. The molecule has 0 bridgehead atoms. The highest BCUT2D eigenvalue weighted by molar-refractivity contribution is 5.56. The molecule has 0 saturated heterocycles. The monoisotopic (exact) mass is 268 g/mol. The van der Waals surface area contributed by atoms with Crippen molar-refractivity contribution in [2.45, 2.75) is 26.3 Å². The van der Waals surface area contributed by atoms with E-state index in [1.165, 1.54) is 0 Å². The van der Waals surface area contributed by atoms with Crippen molar-refractivity contribution in [2.75, 3.05) is 10.6 Å². The predicted octanol–water partition coefficient (Wildman–Crippen LogP) is 2.70. The number of hydrogen-bond donors (Lipinski definition) is 2. The van der Waals surface area contributed by atoms with Crippen LogP contribution in [0.3, 0.4) is 0 Å². The summed E-state index contributed by atoms with van der Waals surface area (Å²) in [6, 6.07) is 9.19. The topological polar surface area (TPSA) is 86.5 Å². The molecule has 0 unspecified atom stereocenters. The Labute approximate surface area is 117 Å². The van der Waals surface area contributed by atoms with Gasteiger partial charge < -0.3 is 10.6 Å². The van der Waals surface area contributed by atoms with Crippen LogP contribution in [0.4, 0.5) is 17.5 Å². The number of nitrogens with one attached hydrogen (secondary N) is 2. The van der Waals surface area contributed by atoms with Crippen molar-refractivity contribution in [3.63, 3.8) is 0 Å². The van der Waals surface area contributed by atoms with Crippen molar-refractivity contribution in [1.82, 2.24) is 15.2 Å². The molecule has 0 spiro atoms. The summed E-state index contributed by atoms with van der Waals surface area (Å²) in [4.78, 5) is 4.33. The first-order chi connectivity index (χ1) is 9.46. The zero-order valence-electron chi connectivity index (χ0n) is 11.7. The third kappa shape index (κ3) is 3.92. The van der Waals surface area contributed by atoms with Gasteiger partial charge in [-0.3, -0.25) is 0 Å². The molecule has 0 atom stereocenters. The summed E-state index contributed by atoms with van der Waals surface area (Å²) >= 11 is 0. The molecule has 102 valence electrons. The van der Waals surface area contributed by atoms with E-state index in [1.54, 1.807) is 24.4 Å². The van der Waals surface area contributed by atoms with E-state index >= 15 is 0 Å². The van der Waals surface area contributed by atoms with Gasteiger partial charge in [-0.05, 0) is 39.0 Å². The maximum absolute atomic E-state index is 8.87. The molecule has 1 aromatic heterocycles. The van der Waals surface area contributed by atoms with Crippen molar-refractivity contribution >= 4 is 17.5 Å². The van der Waals surface area contributed by atoms with Gasteiger partial charge in [-0.15, -0.1) is 5.10 Å². The van der Waals surface area contributed by atoms with E-state index in [0.29, 0.717) is 17.3 Å². The van der Waals surface area contributed by atoms with Gasteiger partial charge in [0, 0.05) is 11.2 Å². The molecule has 0 aliphatic rings. The fraction of sp³-hybridized carbons (Fsp3) is 0.286. The second-order valence-corrected chi connectivity index (χ2v) is 5.36. The molecule has 2 aromatic rings. The number of benzene rings is 1. The lowest BCUT2D eigenvalue weighted by Crippen LogP contribution is -2.27. The van der Waals surface area contributed by atoms with Gasteiger partial charge in [-0.1, -0.05) is 6.07 Å². The number of rotatable bonds is 3.